The number of rotatable bonds is 3. The highest BCUT2D eigenvalue weighted by Gasteiger charge is 2.10. The quantitative estimate of drug-likeness (QED) is 0.900. The zero-order valence-electron chi connectivity index (χ0n) is 11.0. The molecule has 1 heterocycles. The summed E-state index contributed by atoms with van der Waals surface area (Å²) in [6.45, 7) is 3.97. The maximum Gasteiger partial charge on any atom is 0.118 e. The summed E-state index contributed by atoms with van der Waals surface area (Å²) in [7, 11) is 1.66. The molecular formula is C15H18N2O. The second kappa shape index (κ2) is 5.19. The van der Waals surface area contributed by atoms with Gasteiger partial charge in [0.25, 0.3) is 0 Å². The third-order valence-corrected chi connectivity index (χ3v) is 2.94. The number of hydrogen-bond donors (Lipinski definition) is 1. The molecule has 0 fully saturated rings. The SMILES string of the molecule is COc1ccc(C(N)c2cc(C)nc(C)c2)cc1. The van der Waals surface area contributed by atoms with Gasteiger partial charge in [-0.15, -0.1) is 0 Å². The van der Waals surface area contributed by atoms with Crippen molar-refractivity contribution in [2.45, 2.75) is 19.9 Å². The van der Waals surface area contributed by atoms with Gasteiger partial charge in [0, 0.05) is 11.4 Å². The van der Waals surface area contributed by atoms with Crippen LogP contribution in [0.2, 0.25) is 0 Å². The second-order valence-corrected chi connectivity index (χ2v) is 4.43. The molecule has 3 heteroatoms. The Balaban J connectivity index is 2.31. The van der Waals surface area contributed by atoms with E-state index in [1.807, 2.05) is 50.2 Å². The molecule has 2 rings (SSSR count). The molecule has 1 aromatic heterocycles. The van der Waals surface area contributed by atoms with Crippen molar-refractivity contribution >= 4 is 0 Å². The van der Waals surface area contributed by atoms with Crippen LogP contribution in [-0.2, 0) is 0 Å². The summed E-state index contributed by atoms with van der Waals surface area (Å²) in [5, 5.41) is 0. The predicted octanol–water partition coefficient (Wildman–Crippen LogP) is 2.76. The Kier molecular flexibility index (Phi) is 3.63. The van der Waals surface area contributed by atoms with Crippen molar-refractivity contribution in [3.8, 4) is 5.75 Å². The first-order chi connectivity index (χ1) is 8.60. The lowest BCUT2D eigenvalue weighted by molar-refractivity contribution is 0.414. The number of ether oxygens (including phenoxy) is 1. The van der Waals surface area contributed by atoms with E-state index in [1.54, 1.807) is 7.11 Å². The van der Waals surface area contributed by atoms with Gasteiger partial charge in [-0.2, -0.15) is 0 Å². The van der Waals surface area contributed by atoms with Crippen molar-refractivity contribution in [3.63, 3.8) is 0 Å². The Labute approximate surface area is 108 Å². The largest absolute Gasteiger partial charge is 0.497 e. The minimum absolute atomic E-state index is 0.128. The van der Waals surface area contributed by atoms with Crippen molar-refractivity contribution in [2.75, 3.05) is 7.11 Å². The van der Waals surface area contributed by atoms with E-state index in [2.05, 4.69) is 4.98 Å². The van der Waals surface area contributed by atoms with Gasteiger partial charge in [0.15, 0.2) is 0 Å². The van der Waals surface area contributed by atoms with Crippen LogP contribution in [0.15, 0.2) is 36.4 Å². The molecule has 1 unspecified atom stereocenters. The number of methoxy groups -OCH3 is 1. The molecule has 0 saturated carbocycles. The standard InChI is InChI=1S/C15H18N2O/c1-10-8-13(9-11(2)17-10)15(16)12-4-6-14(18-3)7-5-12/h4-9,15H,16H2,1-3H3. The maximum absolute atomic E-state index is 6.28. The van der Waals surface area contributed by atoms with Crippen LogP contribution < -0.4 is 10.5 Å². The number of pyridine rings is 1. The third kappa shape index (κ3) is 2.68. The van der Waals surface area contributed by atoms with Crippen molar-refractivity contribution in [3.05, 3.63) is 58.9 Å². The Hall–Kier alpha value is -1.87. The van der Waals surface area contributed by atoms with Gasteiger partial charge in [0.2, 0.25) is 0 Å². The van der Waals surface area contributed by atoms with Gasteiger partial charge in [0.1, 0.15) is 5.75 Å². The predicted molar refractivity (Wildman–Crippen MR) is 72.7 cm³/mol. The van der Waals surface area contributed by atoms with Crippen LogP contribution in [0.1, 0.15) is 28.6 Å². The molecule has 2 N–H and O–H groups in total. The van der Waals surface area contributed by atoms with E-state index in [-0.39, 0.29) is 6.04 Å². The van der Waals surface area contributed by atoms with E-state index >= 15 is 0 Å². The van der Waals surface area contributed by atoms with E-state index in [0.717, 1.165) is 28.3 Å². The molecule has 3 nitrogen and oxygen atoms in total. The van der Waals surface area contributed by atoms with Crippen molar-refractivity contribution in [1.29, 1.82) is 0 Å². The molecule has 0 saturated heterocycles. The fraction of sp³-hybridized carbons (Fsp3) is 0.267. The molecule has 0 aliphatic heterocycles. The van der Waals surface area contributed by atoms with Gasteiger partial charge < -0.3 is 10.5 Å². The summed E-state index contributed by atoms with van der Waals surface area (Å²) >= 11 is 0. The number of aromatic nitrogens is 1. The summed E-state index contributed by atoms with van der Waals surface area (Å²) in [6, 6.07) is 11.8. The molecule has 18 heavy (non-hydrogen) atoms. The van der Waals surface area contributed by atoms with Crippen LogP contribution in [-0.4, -0.2) is 12.1 Å². The summed E-state index contributed by atoms with van der Waals surface area (Å²) < 4.78 is 5.14. The lowest BCUT2D eigenvalue weighted by Gasteiger charge is -2.14. The normalized spacial score (nSPS) is 12.2. The third-order valence-electron chi connectivity index (χ3n) is 2.94. The Bertz CT molecular complexity index is 514. The van der Waals surface area contributed by atoms with Crippen molar-refractivity contribution in [1.82, 2.24) is 4.98 Å². The molecule has 0 aliphatic rings. The van der Waals surface area contributed by atoms with E-state index in [1.165, 1.54) is 0 Å². The topological polar surface area (TPSA) is 48.1 Å². The summed E-state index contributed by atoms with van der Waals surface area (Å²) in [6.07, 6.45) is 0. The first-order valence-electron chi connectivity index (χ1n) is 5.95. The minimum Gasteiger partial charge on any atom is -0.497 e. The summed E-state index contributed by atoms with van der Waals surface area (Å²) in [4.78, 5) is 4.36. The van der Waals surface area contributed by atoms with Gasteiger partial charge in [-0.25, -0.2) is 0 Å². The van der Waals surface area contributed by atoms with Crippen LogP contribution in [0.25, 0.3) is 0 Å². The van der Waals surface area contributed by atoms with Crippen LogP contribution >= 0.6 is 0 Å². The maximum atomic E-state index is 6.28. The fourth-order valence-corrected chi connectivity index (χ4v) is 2.05. The van der Waals surface area contributed by atoms with Crippen LogP contribution in [0, 0.1) is 13.8 Å². The smallest absolute Gasteiger partial charge is 0.118 e. The molecule has 0 amide bonds. The first-order valence-corrected chi connectivity index (χ1v) is 5.95. The van der Waals surface area contributed by atoms with Gasteiger partial charge in [0.05, 0.1) is 13.2 Å². The molecule has 2 aromatic rings. The molecule has 0 bridgehead atoms. The second-order valence-electron chi connectivity index (χ2n) is 4.43. The van der Waals surface area contributed by atoms with Crippen molar-refractivity contribution < 1.29 is 4.74 Å². The van der Waals surface area contributed by atoms with Gasteiger partial charge >= 0.3 is 0 Å². The average molecular weight is 242 g/mol. The average Bonchev–Trinajstić information content (AvgIpc) is 2.37. The van der Waals surface area contributed by atoms with Crippen molar-refractivity contribution in [2.24, 2.45) is 5.73 Å². The van der Waals surface area contributed by atoms with Gasteiger partial charge in [-0.1, -0.05) is 12.1 Å². The van der Waals surface area contributed by atoms with E-state index in [4.69, 9.17) is 10.5 Å². The molecule has 0 radical (unpaired) electrons. The van der Waals surface area contributed by atoms with Gasteiger partial charge in [-0.05, 0) is 49.2 Å². The Morgan fingerprint density at radius 1 is 1.00 bits per heavy atom. The monoisotopic (exact) mass is 242 g/mol. The number of benzene rings is 1. The molecule has 0 aliphatic carbocycles. The lowest BCUT2D eigenvalue weighted by Crippen LogP contribution is -2.12. The van der Waals surface area contributed by atoms with Gasteiger partial charge in [-0.3, -0.25) is 4.98 Å². The molecule has 1 atom stereocenters. The van der Waals surface area contributed by atoms with E-state index in [0.29, 0.717) is 0 Å². The Morgan fingerprint density at radius 3 is 2.06 bits per heavy atom. The molecule has 1 aromatic carbocycles. The number of aryl methyl sites for hydroxylation is 2. The highest BCUT2D eigenvalue weighted by Crippen LogP contribution is 2.22. The number of hydrogen-bond acceptors (Lipinski definition) is 3. The van der Waals surface area contributed by atoms with Crippen LogP contribution in [0.4, 0.5) is 0 Å². The highest BCUT2D eigenvalue weighted by molar-refractivity contribution is 5.36. The Morgan fingerprint density at radius 2 is 1.56 bits per heavy atom. The zero-order valence-corrected chi connectivity index (χ0v) is 11.0. The molecule has 94 valence electrons. The summed E-state index contributed by atoms with van der Waals surface area (Å²) in [5.74, 6) is 0.841. The first kappa shape index (κ1) is 12.6. The molecule has 0 spiro atoms. The lowest BCUT2D eigenvalue weighted by atomic mass is 9.99. The van der Waals surface area contributed by atoms with Crippen LogP contribution in [0.5, 0.6) is 5.75 Å². The van der Waals surface area contributed by atoms with E-state index in [9.17, 15) is 0 Å². The fourth-order valence-electron chi connectivity index (χ4n) is 2.05. The summed E-state index contributed by atoms with van der Waals surface area (Å²) in [5.41, 5.74) is 10.4. The number of nitrogens with two attached hydrogens (primary N) is 1. The number of nitrogens with zero attached hydrogens (tertiary/aromatic N) is 1. The minimum atomic E-state index is -0.128. The highest BCUT2D eigenvalue weighted by atomic mass is 16.5. The van der Waals surface area contributed by atoms with Crippen LogP contribution in [0.3, 0.4) is 0 Å². The zero-order chi connectivity index (χ0) is 13.1. The molecular weight excluding hydrogens is 224 g/mol. The van der Waals surface area contributed by atoms with E-state index < -0.39 is 0 Å².